The van der Waals surface area contributed by atoms with Crippen molar-refractivity contribution in [2.45, 2.75) is 26.8 Å². The lowest BCUT2D eigenvalue weighted by Crippen LogP contribution is -2.29. The second-order valence-corrected chi connectivity index (χ2v) is 9.50. The van der Waals surface area contributed by atoms with Crippen molar-refractivity contribution in [3.63, 3.8) is 0 Å². The van der Waals surface area contributed by atoms with Gasteiger partial charge in [-0.1, -0.05) is 45.7 Å². The van der Waals surface area contributed by atoms with E-state index in [2.05, 4.69) is 15.9 Å². The highest BCUT2D eigenvalue weighted by Gasteiger charge is 2.43. The summed E-state index contributed by atoms with van der Waals surface area (Å²) in [4.78, 5) is 29.0. The van der Waals surface area contributed by atoms with Crippen molar-refractivity contribution in [3.8, 4) is 0 Å². The molecule has 0 saturated heterocycles. The average Bonchev–Trinajstić information content (AvgIpc) is 3.04. The van der Waals surface area contributed by atoms with Crippen molar-refractivity contribution in [3.05, 3.63) is 108 Å². The Bertz CT molecular complexity index is 1490. The van der Waals surface area contributed by atoms with Gasteiger partial charge in [0, 0.05) is 15.2 Å². The van der Waals surface area contributed by atoms with Crippen LogP contribution in [-0.2, 0) is 0 Å². The lowest BCUT2D eigenvalue weighted by Gasteiger charge is -2.25. The van der Waals surface area contributed by atoms with E-state index in [-0.39, 0.29) is 17.1 Å². The minimum absolute atomic E-state index is 0.0763. The maximum Gasteiger partial charge on any atom is 0.295 e. The molecule has 6 heteroatoms. The summed E-state index contributed by atoms with van der Waals surface area (Å²) in [5.74, 6) is -0.283. The molecule has 4 aromatic rings. The zero-order valence-corrected chi connectivity index (χ0v) is 20.0. The monoisotopic (exact) mass is 507 g/mol. The van der Waals surface area contributed by atoms with E-state index in [9.17, 15) is 9.59 Å². The fourth-order valence-corrected chi connectivity index (χ4v) is 4.81. The Balaban J connectivity index is 1.84. The summed E-state index contributed by atoms with van der Waals surface area (Å²) >= 11 is 9.90. The Morgan fingerprint density at radius 1 is 0.938 bits per heavy atom. The quantitative estimate of drug-likeness (QED) is 0.296. The van der Waals surface area contributed by atoms with Crippen molar-refractivity contribution in [2.75, 3.05) is 4.90 Å². The maximum absolute atomic E-state index is 13.7. The molecule has 5 rings (SSSR count). The molecule has 0 bridgehead atoms. The van der Waals surface area contributed by atoms with Gasteiger partial charge in [0.15, 0.2) is 5.43 Å². The lowest BCUT2D eigenvalue weighted by molar-refractivity contribution is 0.0971. The van der Waals surface area contributed by atoms with Crippen LogP contribution in [0.1, 0.15) is 44.4 Å². The highest BCUT2D eigenvalue weighted by Crippen LogP contribution is 2.42. The van der Waals surface area contributed by atoms with Gasteiger partial charge < -0.3 is 4.42 Å². The topological polar surface area (TPSA) is 50.5 Å². The largest absolute Gasteiger partial charge is 0.450 e. The van der Waals surface area contributed by atoms with Crippen LogP contribution in [0, 0.1) is 20.8 Å². The molecule has 4 nitrogen and oxygen atoms in total. The minimum Gasteiger partial charge on any atom is -0.450 e. The molecule has 32 heavy (non-hydrogen) atoms. The van der Waals surface area contributed by atoms with Gasteiger partial charge >= 0.3 is 0 Å². The van der Waals surface area contributed by atoms with Crippen LogP contribution in [0.5, 0.6) is 0 Å². The predicted octanol–water partition coefficient (Wildman–Crippen LogP) is 6.88. The molecule has 0 aliphatic carbocycles. The Morgan fingerprint density at radius 2 is 1.69 bits per heavy atom. The molecule has 1 amide bonds. The molecule has 0 spiro atoms. The summed E-state index contributed by atoms with van der Waals surface area (Å²) in [5.41, 5.74) is 4.89. The van der Waals surface area contributed by atoms with Gasteiger partial charge in [-0.3, -0.25) is 14.5 Å². The van der Waals surface area contributed by atoms with E-state index in [1.165, 1.54) is 0 Å². The number of rotatable bonds is 2. The van der Waals surface area contributed by atoms with Crippen molar-refractivity contribution < 1.29 is 9.21 Å². The number of aryl methyl sites for hydroxylation is 3. The normalized spacial score (nSPS) is 15.5. The third-order valence-corrected chi connectivity index (χ3v) is 6.98. The SMILES string of the molecule is Cc1cc2oc3c(c(=O)c2cc1C)C(c1cccc(Br)c1)N(c1ccc(C)c(Cl)c1)C3=O. The predicted molar refractivity (Wildman–Crippen MR) is 131 cm³/mol. The number of carbonyl (C=O) groups excluding carboxylic acids is 1. The van der Waals surface area contributed by atoms with Crippen LogP contribution in [0.25, 0.3) is 11.0 Å². The zero-order chi connectivity index (χ0) is 22.7. The first-order valence-corrected chi connectivity index (χ1v) is 11.4. The lowest BCUT2D eigenvalue weighted by atomic mass is 9.97. The summed E-state index contributed by atoms with van der Waals surface area (Å²) < 4.78 is 6.94. The van der Waals surface area contributed by atoms with Crippen LogP contribution in [0.3, 0.4) is 0 Å². The molecule has 1 unspecified atom stereocenters. The Labute approximate surface area is 198 Å². The molecular formula is C26H19BrClNO3. The van der Waals surface area contributed by atoms with E-state index >= 15 is 0 Å². The van der Waals surface area contributed by atoms with Crippen LogP contribution in [-0.4, -0.2) is 5.91 Å². The smallest absolute Gasteiger partial charge is 0.295 e. The Kier molecular flexibility index (Phi) is 4.99. The molecule has 0 fully saturated rings. The van der Waals surface area contributed by atoms with E-state index in [0.717, 1.165) is 26.7 Å². The second kappa shape index (κ2) is 7.61. The van der Waals surface area contributed by atoms with Gasteiger partial charge in [0.1, 0.15) is 5.58 Å². The average molecular weight is 509 g/mol. The number of benzene rings is 3. The van der Waals surface area contributed by atoms with Crippen LogP contribution in [0.4, 0.5) is 5.69 Å². The van der Waals surface area contributed by atoms with Crippen molar-refractivity contribution in [1.82, 2.24) is 0 Å². The molecule has 0 saturated carbocycles. The molecule has 0 radical (unpaired) electrons. The third kappa shape index (κ3) is 3.19. The number of nitrogens with zero attached hydrogens (tertiary/aromatic N) is 1. The first-order valence-electron chi connectivity index (χ1n) is 10.2. The number of halogens is 2. The van der Waals surface area contributed by atoms with Crippen LogP contribution >= 0.6 is 27.5 Å². The fraction of sp³-hybridized carbons (Fsp3) is 0.154. The molecule has 160 valence electrons. The Hall–Kier alpha value is -2.89. The summed E-state index contributed by atoms with van der Waals surface area (Å²) in [6.07, 6.45) is 0. The van der Waals surface area contributed by atoms with Crippen LogP contribution in [0.15, 0.2) is 68.3 Å². The summed E-state index contributed by atoms with van der Waals surface area (Å²) in [6.45, 7) is 5.81. The van der Waals surface area contributed by atoms with Gasteiger partial charge in [-0.05, 0) is 79.4 Å². The van der Waals surface area contributed by atoms with Gasteiger partial charge in [0.05, 0.1) is 17.0 Å². The van der Waals surface area contributed by atoms with E-state index in [1.54, 1.807) is 11.0 Å². The second-order valence-electron chi connectivity index (χ2n) is 8.17. The molecule has 1 aromatic heterocycles. The zero-order valence-electron chi connectivity index (χ0n) is 17.7. The van der Waals surface area contributed by atoms with Gasteiger partial charge in [-0.15, -0.1) is 0 Å². The number of hydrogen-bond donors (Lipinski definition) is 0. The van der Waals surface area contributed by atoms with Crippen LogP contribution < -0.4 is 10.3 Å². The van der Waals surface area contributed by atoms with E-state index in [4.69, 9.17) is 16.0 Å². The number of anilines is 1. The molecule has 1 atom stereocenters. The van der Waals surface area contributed by atoms with Gasteiger partial charge in [0.25, 0.3) is 5.91 Å². The van der Waals surface area contributed by atoms with Crippen LogP contribution in [0.2, 0.25) is 5.02 Å². The minimum atomic E-state index is -0.629. The number of fused-ring (bicyclic) bond motifs is 2. The molecular weight excluding hydrogens is 490 g/mol. The molecule has 0 N–H and O–H groups in total. The fourth-order valence-electron chi connectivity index (χ4n) is 4.22. The summed E-state index contributed by atoms with van der Waals surface area (Å²) in [7, 11) is 0. The highest BCUT2D eigenvalue weighted by atomic mass is 79.9. The number of carbonyl (C=O) groups is 1. The van der Waals surface area contributed by atoms with Crippen molar-refractivity contribution in [2.24, 2.45) is 0 Å². The highest BCUT2D eigenvalue weighted by molar-refractivity contribution is 9.10. The third-order valence-electron chi connectivity index (χ3n) is 6.08. The maximum atomic E-state index is 13.7. The first-order chi connectivity index (χ1) is 15.3. The first kappa shape index (κ1) is 21.0. The Morgan fingerprint density at radius 3 is 2.41 bits per heavy atom. The standard InChI is InChI=1S/C26H19BrClNO3/c1-13-7-8-18(12-20(13)28)29-23(16-5-4-6-17(27)11-16)22-24(30)19-9-14(2)15(3)10-21(19)32-25(22)26(29)31/h4-12,23H,1-3H3. The van der Waals surface area contributed by atoms with Gasteiger partial charge in [-0.25, -0.2) is 0 Å². The number of hydrogen-bond acceptors (Lipinski definition) is 3. The van der Waals surface area contributed by atoms with E-state index in [1.807, 2.05) is 69.3 Å². The van der Waals surface area contributed by atoms with Gasteiger partial charge in [0.2, 0.25) is 5.76 Å². The van der Waals surface area contributed by atoms with Crippen molar-refractivity contribution >= 4 is 50.1 Å². The summed E-state index contributed by atoms with van der Waals surface area (Å²) in [6, 6.07) is 16.1. The number of amides is 1. The molecule has 2 heterocycles. The molecule has 1 aliphatic heterocycles. The molecule has 1 aliphatic rings. The summed E-state index contributed by atoms with van der Waals surface area (Å²) in [5, 5.41) is 1.03. The van der Waals surface area contributed by atoms with E-state index < -0.39 is 6.04 Å². The molecule has 3 aromatic carbocycles. The van der Waals surface area contributed by atoms with E-state index in [0.29, 0.717) is 27.2 Å². The van der Waals surface area contributed by atoms with Crippen molar-refractivity contribution in [1.29, 1.82) is 0 Å². The van der Waals surface area contributed by atoms with Gasteiger partial charge in [-0.2, -0.15) is 0 Å².